The summed E-state index contributed by atoms with van der Waals surface area (Å²) in [5.41, 5.74) is 3.65. The quantitative estimate of drug-likeness (QED) is 0.0374. The lowest BCUT2D eigenvalue weighted by molar-refractivity contribution is -0.384. The van der Waals surface area contributed by atoms with Gasteiger partial charge in [0.2, 0.25) is 5.79 Å². The molecule has 15 heteroatoms. The Kier molecular flexibility index (Phi) is 15.8. The monoisotopic (exact) mass is 920 g/mol. The molecule has 2 heterocycles. The first-order chi connectivity index (χ1) is 32.2. The maximum Gasteiger partial charge on any atom is 0.416 e. The molecule has 2 N–H and O–H groups in total. The number of oxime groups is 1. The molecule has 3 aliphatic rings. The molecule has 0 saturated heterocycles. The van der Waals surface area contributed by atoms with Gasteiger partial charge in [-0.25, -0.2) is 9.18 Å². The van der Waals surface area contributed by atoms with E-state index in [-0.39, 0.29) is 68.6 Å². The Morgan fingerprint density at radius 1 is 1.01 bits per heavy atom. The van der Waals surface area contributed by atoms with Gasteiger partial charge in [-0.1, -0.05) is 48.3 Å². The zero-order chi connectivity index (χ0) is 47.7. The molecule has 6 unspecified atom stereocenters. The van der Waals surface area contributed by atoms with Crippen LogP contribution in [0, 0.1) is 40.6 Å². The van der Waals surface area contributed by atoms with Crippen molar-refractivity contribution in [2.45, 2.75) is 109 Å². The van der Waals surface area contributed by atoms with Gasteiger partial charge < -0.3 is 34.0 Å². The molecule has 1 aromatic heterocycles. The second-order valence-corrected chi connectivity index (χ2v) is 18.4. The predicted octanol–water partition coefficient (Wildman–Crippen LogP) is 10.1. The first-order valence-corrected chi connectivity index (χ1v) is 23.0. The molecule has 1 saturated carbocycles. The minimum absolute atomic E-state index is 0.00979. The zero-order valence-corrected chi connectivity index (χ0v) is 38.6. The molecule has 0 spiro atoms. The van der Waals surface area contributed by atoms with Crippen molar-refractivity contribution < 1.29 is 48.1 Å². The molecule has 1 amide bonds. The number of halogens is 1. The first-order valence-electron chi connectivity index (χ1n) is 23.0. The van der Waals surface area contributed by atoms with E-state index in [9.17, 15) is 24.7 Å². The number of non-ortho nitro benzene ring substituents is 1. The molecule has 1 fully saturated rings. The van der Waals surface area contributed by atoms with E-state index in [4.69, 9.17) is 28.9 Å². The van der Waals surface area contributed by atoms with Gasteiger partial charge in [0.25, 0.3) is 5.69 Å². The third kappa shape index (κ3) is 11.5. The van der Waals surface area contributed by atoms with E-state index < -0.39 is 40.2 Å². The molecule has 6 atom stereocenters. The highest BCUT2D eigenvalue weighted by Gasteiger charge is 2.66. The second kappa shape index (κ2) is 21.6. The van der Waals surface area contributed by atoms with Gasteiger partial charge in [0.05, 0.1) is 28.9 Å². The van der Waals surface area contributed by atoms with E-state index in [1.165, 1.54) is 41.3 Å². The number of aliphatic hydroxyl groups is 2. The number of hydrogen-bond donors (Lipinski definition) is 2. The van der Waals surface area contributed by atoms with Crippen LogP contribution < -0.4 is 14.2 Å². The number of hydrogen-bond acceptors (Lipinski definition) is 12. The SMILES string of the molecule is C=CCOC12Oc3ccc(OCc4cccc(C)n4)cc3C3C(CCCCO)C(CCCCO)C=C(C(=NOC(C)(C)C)CC1N(Cc1ccc(F)cc1)C(=O)Oc1ccc([N+](=O)[O-])cc1)C32. The molecule has 7 rings (SSSR count). The number of nitrogens with zero attached hydrogens (tertiary/aromatic N) is 4. The van der Waals surface area contributed by atoms with Crippen LogP contribution in [-0.2, 0) is 22.7 Å². The van der Waals surface area contributed by atoms with E-state index in [0.717, 1.165) is 48.2 Å². The number of aromatic nitrogens is 1. The van der Waals surface area contributed by atoms with Crippen LogP contribution >= 0.6 is 0 Å². The van der Waals surface area contributed by atoms with E-state index in [0.29, 0.717) is 35.6 Å². The van der Waals surface area contributed by atoms with E-state index >= 15 is 4.79 Å². The largest absolute Gasteiger partial charge is 0.487 e. The number of pyridine rings is 1. The number of ether oxygens (including phenoxy) is 4. The molecule has 4 aromatic rings. The van der Waals surface area contributed by atoms with Crippen LogP contribution in [0.3, 0.4) is 0 Å². The number of unbranched alkanes of at least 4 members (excludes halogenated alkanes) is 2. The van der Waals surface area contributed by atoms with Gasteiger partial charge in [-0.3, -0.25) is 20.0 Å². The summed E-state index contributed by atoms with van der Waals surface area (Å²) in [5, 5.41) is 36.4. The smallest absolute Gasteiger partial charge is 0.416 e. The maximum absolute atomic E-state index is 15.0. The number of carbonyl (C=O) groups is 1. The van der Waals surface area contributed by atoms with Crippen molar-refractivity contribution in [3.05, 3.63) is 148 Å². The number of aryl methyl sites for hydroxylation is 1. The molecule has 0 bridgehead atoms. The van der Waals surface area contributed by atoms with Crippen LogP contribution in [0.2, 0.25) is 0 Å². The van der Waals surface area contributed by atoms with Gasteiger partial charge >= 0.3 is 6.09 Å². The van der Waals surface area contributed by atoms with Gasteiger partial charge in [-0.05, 0) is 131 Å². The number of rotatable bonds is 20. The van der Waals surface area contributed by atoms with Gasteiger partial charge in [0, 0.05) is 55.5 Å². The Bertz CT molecular complexity index is 2420. The average Bonchev–Trinajstić information content (AvgIpc) is 3.30. The summed E-state index contributed by atoms with van der Waals surface area (Å²) in [6.45, 7) is 11.9. The lowest BCUT2D eigenvalue weighted by Crippen LogP contribution is -2.70. The summed E-state index contributed by atoms with van der Waals surface area (Å²) >= 11 is 0. The summed E-state index contributed by atoms with van der Waals surface area (Å²) in [6, 6.07) is 21.6. The van der Waals surface area contributed by atoms with Gasteiger partial charge in [-0.2, -0.15) is 0 Å². The molecular weight excluding hydrogens is 860 g/mol. The van der Waals surface area contributed by atoms with Crippen LogP contribution in [0.4, 0.5) is 14.9 Å². The van der Waals surface area contributed by atoms with E-state index in [2.05, 4.69) is 17.6 Å². The lowest BCUT2D eigenvalue weighted by Gasteiger charge is -2.60. The van der Waals surface area contributed by atoms with Crippen molar-refractivity contribution in [2.75, 3.05) is 19.8 Å². The van der Waals surface area contributed by atoms with Crippen LogP contribution in [0.1, 0.15) is 94.1 Å². The molecule has 2 aliphatic carbocycles. The van der Waals surface area contributed by atoms with Gasteiger partial charge in [0.15, 0.2) is 0 Å². The van der Waals surface area contributed by atoms with Crippen LogP contribution in [0.25, 0.3) is 0 Å². The topological polar surface area (TPSA) is 175 Å². The minimum Gasteiger partial charge on any atom is -0.487 e. The van der Waals surface area contributed by atoms with Crippen molar-refractivity contribution in [3.8, 4) is 17.2 Å². The summed E-state index contributed by atoms with van der Waals surface area (Å²) in [7, 11) is 0. The van der Waals surface area contributed by atoms with Crippen LogP contribution in [0.15, 0.2) is 114 Å². The Morgan fingerprint density at radius 2 is 1.73 bits per heavy atom. The second-order valence-electron chi connectivity index (χ2n) is 18.4. The Balaban J connectivity index is 1.45. The van der Waals surface area contributed by atoms with Crippen molar-refractivity contribution in [2.24, 2.45) is 22.9 Å². The third-order valence-electron chi connectivity index (χ3n) is 12.5. The fraction of sp³-hybridized carbons (Fsp3) is 0.442. The van der Waals surface area contributed by atoms with Crippen molar-refractivity contribution in [1.82, 2.24) is 9.88 Å². The first kappa shape index (κ1) is 48.8. The highest BCUT2D eigenvalue weighted by molar-refractivity contribution is 6.03. The number of benzene rings is 3. The molecule has 1 aliphatic heterocycles. The van der Waals surface area contributed by atoms with Gasteiger partial charge in [-0.15, -0.1) is 6.58 Å². The lowest BCUT2D eigenvalue weighted by atomic mass is 9.55. The van der Waals surface area contributed by atoms with E-state index in [1.807, 2.05) is 64.1 Å². The number of aliphatic hydroxyl groups excluding tert-OH is 2. The molecule has 3 aromatic carbocycles. The fourth-order valence-corrected chi connectivity index (χ4v) is 9.65. The normalized spacial score (nSPS) is 22.4. The third-order valence-corrected chi connectivity index (χ3v) is 12.5. The van der Waals surface area contributed by atoms with Crippen LogP contribution in [0.5, 0.6) is 17.2 Å². The van der Waals surface area contributed by atoms with Crippen molar-refractivity contribution in [1.29, 1.82) is 0 Å². The van der Waals surface area contributed by atoms with Gasteiger partial charge in [0.1, 0.15) is 41.3 Å². The summed E-state index contributed by atoms with van der Waals surface area (Å²) < 4.78 is 41.4. The number of carbonyl (C=O) groups excluding carboxylic acids is 1. The molecule has 14 nitrogen and oxygen atoms in total. The van der Waals surface area contributed by atoms with Crippen LogP contribution in [-0.4, -0.2) is 74.1 Å². The number of fused-ring (bicyclic) bond motifs is 2. The summed E-state index contributed by atoms with van der Waals surface area (Å²) in [5.74, 6) is -1.93. The highest BCUT2D eigenvalue weighted by atomic mass is 19.1. The molecular formula is C52H61FN4O10. The average molecular weight is 921 g/mol. The maximum atomic E-state index is 15.0. The number of amides is 1. The Labute approximate surface area is 391 Å². The predicted molar refractivity (Wildman–Crippen MR) is 250 cm³/mol. The highest BCUT2D eigenvalue weighted by Crippen LogP contribution is 2.62. The summed E-state index contributed by atoms with van der Waals surface area (Å²) in [4.78, 5) is 38.4. The van der Waals surface area contributed by atoms with Crippen molar-refractivity contribution in [3.63, 3.8) is 0 Å². The molecule has 67 heavy (non-hydrogen) atoms. The zero-order valence-electron chi connectivity index (χ0n) is 38.6. The minimum atomic E-state index is -1.63. The standard InChI is InChI=1S/C52H61FN4O10/c1-6-28-64-52-47(56(32-35-16-18-37(53)19-17-35)50(60)65-40-22-20-39(21-23-40)57(61)62)31-45(55-67-51(3,4)5)43-29-36(13-7-9-26-58)42(15-8-10-27-59)48(49(43)52)44-30-41(24-25-46(44)66-52)63-33-38-14-11-12-34(2)54-38/h6,11-12,14,16-25,29-30,36,42,47-49,58-59H,1,7-10,13,15,26-28,31-33H2,2-5H3. The molecule has 356 valence electrons. The number of nitro groups is 1. The number of nitro benzene ring substituents is 1. The van der Waals surface area contributed by atoms with Crippen molar-refractivity contribution >= 4 is 17.5 Å². The summed E-state index contributed by atoms with van der Waals surface area (Å²) in [6.07, 6.45) is 7.33. The fourth-order valence-electron chi connectivity index (χ4n) is 9.65. The Morgan fingerprint density at radius 3 is 2.40 bits per heavy atom. The molecule has 0 radical (unpaired) electrons. The van der Waals surface area contributed by atoms with E-state index in [1.54, 1.807) is 18.2 Å². The number of allylic oxidation sites excluding steroid dienone is 1. The Hall–Kier alpha value is -6.16.